The first kappa shape index (κ1) is 22.4. The molecule has 0 bridgehead atoms. The van der Waals surface area contributed by atoms with Crippen molar-refractivity contribution in [1.82, 2.24) is 15.1 Å². The van der Waals surface area contributed by atoms with Crippen LogP contribution in [-0.2, 0) is 10.2 Å². The van der Waals surface area contributed by atoms with Crippen LogP contribution in [0, 0.1) is 5.82 Å². The summed E-state index contributed by atoms with van der Waals surface area (Å²) < 4.78 is 19.6. The Balaban J connectivity index is 0.00000261. The lowest BCUT2D eigenvalue weighted by Crippen LogP contribution is -2.48. The summed E-state index contributed by atoms with van der Waals surface area (Å²) in [7, 11) is 1.82. The molecule has 0 radical (unpaired) electrons. The Kier molecular flexibility index (Phi) is 8.30. The fraction of sp³-hybridized carbons (Fsp3) is 0.650. The maximum absolute atomic E-state index is 14.2. The van der Waals surface area contributed by atoms with Crippen molar-refractivity contribution in [2.75, 3.05) is 53.0 Å². The van der Waals surface area contributed by atoms with Crippen LogP contribution >= 0.6 is 24.0 Å². The highest BCUT2D eigenvalue weighted by atomic mass is 127. The number of guanidine groups is 1. The molecule has 0 spiro atoms. The van der Waals surface area contributed by atoms with Gasteiger partial charge in [0.2, 0.25) is 0 Å². The van der Waals surface area contributed by atoms with E-state index in [-0.39, 0.29) is 35.2 Å². The van der Waals surface area contributed by atoms with Gasteiger partial charge in [-0.3, -0.25) is 9.89 Å². The van der Waals surface area contributed by atoms with E-state index in [2.05, 4.69) is 34.0 Å². The largest absolute Gasteiger partial charge is 0.379 e. The van der Waals surface area contributed by atoms with Gasteiger partial charge in [-0.25, -0.2) is 4.39 Å². The van der Waals surface area contributed by atoms with Gasteiger partial charge in [0, 0.05) is 51.2 Å². The topological polar surface area (TPSA) is 40.1 Å². The van der Waals surface area contributed by atoms with Crippen LogP contribution in [0.25, 0.3) is 0 Å². The van der Waals surface area contributed by atoms with Crippen molar-refractivity contribution in [1.29, 1.82) is 0 Å². The van der Waals surface area contributed by atoms with Gasteiger partial charge in [-0.05, 0) is 18.1 Å². The van der Waals surface area contributed by atoms with Crippen molar-refractivity contribution < 1.29 is 9.13 Å². The van der Waals surface area contributed by atoms with Crippen LogP contribution in [0.2, 0.25) is 0 Å². The van der Waals surface area contributed by atoms with Crippen LogP contribution in [0.3, 0.4) is 0 Å². The molecule has 2 saturated heterocycles. The van der Waals surface area contributed by atoms with Crippen LogP contribution < -0.4 is 5.32 Å². The third-order valence-electron chi connectivity index (χ3n) is 5.53. The first-order valence-corrected chi connectivity index (χ1v) is 9.53. The second kappa shape index (κ2) is 10.0. The van der Waals surface area contributed by atoms with Gasteiger partial charge in [-0.1, -0.05) is 32.0 Å². The van der Waals surface area contributed by atoms with E-state index in [1.807, 2.05) is 19.2 Å². The lowest BCUT2D eigenvalue weighted by molar-refractivity contribution is 0.0195. The summed E-state index contributed by atoms with van der Waals surface area (Å²) in [6.45, 7) is 10.5. The zero-order valence-corrected chi connectivity index (χ0v) is 18.9. The van der Waals surface area contributed by atoms with Crippen molar-refractivity contribution in [2.24, 2.45) is 4.99 Å². The number of hydrogen-bond donors (Lipinski definition) is 1. The summed E-state index contributed by atoms with van der Waals surface area (Å²) in [6, 6.07) is 7.58. The number of aliphatic imine (C=N–C) groups is 1. The summed E-state index contributed by atoms with van der Waals surface area (Å²) in [4.78, 5) is 9.31. The lowest BCUT2D eigenvalue weighted by Gasteiger charge is -2.33. The predicted octanol–water partition coefficient (Wildman–Crippen LogP) is 2.70. The molecule has 1 aromatic rings. The van der Waals surface area contributed by atoms with E-state index in [0.717, 1.165) is 57.3 Å². The number of likely N-dealkylation sites (tertiary alicyclic amines) is 1. The third-order valence-corrected chi connectivity index (χ3v) is 5.53. The molecule has 0 saturated carbocycles. The lowest BCUT2D eigenvalue weighted by atomic mass is 9.84. The molecule has 1 aromatic carbocycles. The number of halogens is 2. The standard InChI is InChI=1S/C20H31FN4O.HI/c1-20(2,17-6-4-5-7-18(17)21)15-23-19(22-3)25-9-8-16(14-25)24-10-12-26-13-11-24;/h4-7,16H,8-15H2,1-3H3,(H,22,23);1H. The molecular weight excluding hydrogens is 458 g/mol. The highest BCUT2D eigenvalue weighted by molar-refractivity contribution is 14.0. The molecule has 0 amide bonds. The summed E-state index contributed by atoms with van der Waals surface area (Å²) in [5.74, 6) is 0.757. The molecule has 2 fully saturated rings. The fourth-order valence-electron chi connectivity index (χ4n) is 3.91. The van der Waals surface area contributed by atoms with E-state index in [9.17, 15) is 4.39 Å². The Morgan fingerprint density at radius 3 is 2.63 bits per heavy atom. The zero-order chi connectivity index (χ0) is 18.6. The average Bonchev–Trinajstić information content (AvgIpc) is 3.13. The summed E-state index contributed by atoms with van der Waals surface area (Å²) in [5.41, 5.74) is 0.417. The van der Waals surface area contributed by atoms with E-state index in [4.69, 9.17) is 4.74 Å². The number of hydrogen-bond acceptors (Lipinski definition) is 3. The third kappa shape index (κ3) is 5.54. The normalized spacial score (nSPS) is 21.9. The van der Waals surface area contributed by atoms with Crippen LogP contribution in [-0.4, -0.2) is 74.8 Å². The number of nitrogens with zero attached hydrogens (tertiary/aromatic N) is 3. The minimum absolute atomic E-state index is 0. The number of rotatable bonds is 4. The molecule has 1 atom stereocenters. The van der Waals surface area contributed by atoms with Crippen molar-refractivity contribution in [3.05, 3.63) is 35.6 Å². The van der Waals surface area contributed by atoms with Gasteiger partial charge >= 0.3 is 0 Å². The van der Waals surface area contributed by atoms with Gasteiger partial charge in [0.05, 0.1) is 13.2 Å². The Morgan fingerprint density at radius 1 is 1.26 bits per heavy atom. The first-order chi connectivity index (χ1) is 12.5. The van der Waals surface area contributed by atoms with Crippen LogP contribution in [0.5, 0.6) is 0 Å². The second-order valence-corrected chi connectivity index (χ2v) is 7.80. The fourth-order valence-corrected chi connectivity index (χ4v) is 3.91. The van der Waals surface area contributed by atoms with E-state index in [1.54, 1.807) is 6.07 Å². The molecular formula is C20H32FIN4O. The predicted molar refractivity (Wildman–Crippen MR) is 119 cm³/mol. The number of ether oxygens (including phenoxy) is 1. The Bertz CT molecular complexity index is 634. The van der Waals surface area contributed by atoms with Gasteiger partial charge in [0.25, 0.3) is 0 Å². The molecule has 152 valence electrons. The van der Waals surface area contributed by atoms with E-state index < -0.39 is 0 Å². The molecule has 5 nitrogen and oxygen atoms in total. The quantitative estimate of drug-likeness (QED) is 0.401. The first-order valence-electron chi connectivity index (χ1n) is 9.53. The van der Waals surface area contributed by atoms with Crippen LogP contribution in [0.4, 0.5) is 4.39 Å². The SMILES string of the molecule is CN=C(NCC(C)(C)c1ccccc1F)N1CCC(N2CCOCC2)C1.I. The molecule has 2 heterocycles. The van der Waals surface area contributed by atoms with Crippen LogP contribution in [0.15, 0.2) is 29.3 Å². The molecule has 2 aliphatic rings. The average molecular weight is 490 g/mol. The van der Waals surface area contributed by atoms with Crippen molar-refractivity contribution in [3.8, 4) is 0 Å². The Hall–Kier alpha value is -0.930. The van der Waals surface area contributed by atoms with E-state index >= 15 is 0 Å². The smallest absolute Gasteiger partial charge is 0.193 e. The monoisotopic (exact) mass is 490 g/mol. The highest BCUT2D eigenvalue weighted by Crippen LogP contribution is 2.25. The summed E-state index contributed by atoms with van der Waals surface area (Å²) >= 11 is 0. The van der Waals surface area contributed by atoms with Crippen molar-refractivity contribution >= 4 is 29.9 Å². The Labute approximate surface area is 179 Å². The molecule has 0 aromatic heterocycles. The zero-order valence-electron chi connectivity index (χ0n) is 16.6. The molecule has 0 aliphatic carbocycles. The van der Waals surface area contributed by atoms with E-state index in [0.29, 0.717) is 12.6 Å². The number of nitrogens with one attached hydrogen (secondary N) is 1. The molecule has 1 N–H and O–H groups in total. The maximum atomic E-state index is 14.2. The van der Waals surface area contributed by atoms with E-state index in [1.165, 1.54) is 6.07 Å². The molecule has 7 heteroatoms. The number of morpholine rings is 1. The molecule has 2 aliphatic heterocycles. The second-order valence-electron chi connectivity index (χ2n) is 7.80. The van der Waals surface area contributed by atoms with Crippen LogP contribution in [0.1, 0.15) is 25.8 Å². The summed E-state index contributed by atoms with van der Waals surface area (Å²) in [5, 5.41) is 3.47. The van der Waals surface area contributed by atoms with Gasteiger partial charge < -0.3 is 15.0 Å². The van der Waals surface area contributed by atoms with Gasteiger partial charge in [0.15, 0.2) is 5.96 Å². The van der Waals surface area contributed by atoms with Crippen molar-refractivity contribution in [3.63, 3.8) is 0 Å². The minimum Gasteiger partial charge on any atom is -0.379 e. The number of benzene rings is 1. The van der Waals surface area contributed by atoms with Crippen molar-refractivity contribution in [2.45, 2.75) is 31.7 Å². The van der Waals surface area contributed by atoms with Gasteiger partial charge in [0.1, 0.15) is 5.82 Å². The molecule has 3 rings (SSSR count). The van der Waals surface area contributed by atoms with Gasteiger partial charge in [-0.15, -0.1) is 24.0 Å². The highest BCUT2D eigenvalue weighted by Gasteiger charge is 2.31. The molecule has 27 heavy (non-hydrogen) atoms. The maximum Gasteiger partial charge on any atom is 0.193 e. The minimum atomic E-state index is -0.315. The Morgan fingerprint density at radius 2 is 1.96 bits per heavy atom. The summed E-state index contributed by atoms with van der Waals surface area (Å²) in [6.07, 6.45) is 1.15. The van der Waals surface area contributed by atoms with Gasteiger partial charge in [-0.2, -0.15) is 0 Å². The molecule has 1 unspecified atom stereocenters.